The van der Waals surface area contributed by atoms with Gasteiger partial charge in [0.1, 0.15) is 6.61 Å². The van der Waals surface area contributed by atoms with Crippen LogP contribution >= 0.6 is 23.1 Å². The molecule has 0 aliphatic carbocycles. The van der Waals surface area contributed by atoms with Crippen LogP contribution in [-0.4, -0.2) is 31.0 Å². The highest BCUT2D eigenvalue weighted by molar-refractivity contribution is 7.98. The molecule has 0 bridgehead atoms. The number of thiophene rings is 1. The zero-order valence-electron chi connectivity index (χ0n) is 7.49. The molecule has 1 heterocycles. The summed E-state index contributed by atoms with van der Waals surface area (Å²) < 4.78 is 5.20. The van der Waals surface area contributed by atoms with Crippen molar-refractivity contribution in [3.8, 4) is 0 Å². The predicted molar refractivity (Wildman–Crippen MR) is 57.9 cm³/mol. The third kappa shape index (κ3) is 3.93. The molecule has 0 aliphatic heterocycles. The maximum Gasteiger partial charge on any atom is 0.198 e. The Kier molecular flexibility index (Phi) is 5.12. The number of ether oxygens (including phenoxy) is 1. The number of hydrogen-bond donors (Lipinski definition) is 0. The van der Waals surface area contributed by atoms with Crippen LogP contribution in [0.5, 0.6) is 0 Å². The first-order valence-corrected chi connectivity index (χ1v) is 6.25. The summed E-state index contributed by atoms with van der Waals surface area (Å²) in [6, 6.07) is 3.70. The lowest BCUT2D eigenvalue weighted by atomic mass is 10.3. The van der Waals surface area contributed by atoms with Crippen LogP contribution in [0.15, 0.2) is 17.5 Å². The molecule has 0 spiro atoms. The lowest BCUT2D eigenvalue weighted by Gasteiger charge is -1.99. The van der Waals surface area contributed by atoms with Gasteiger partial charge in [0, 0.05) is 5.75 Å². The van der Waals surface area contributed by atoms with Crippen LogP contribution in [0.25, 0.3) is 0 Å². The van der Waals surface area contributed by atoms with Crippen LogP contribution < -0.4 is 0 Å². The Hall–Kier alpha value is -0.320. The van der Waals surface area contributed by atoms with E-state index in [1.807, 2.05) is 23.8 Å². The van der Waals surface area contributed by atoms with E-state index in [2.05, 4.69) is 0 Å². The van der Waals surface area contributed by atoms with Gasteiger partial charge in [-0.2, -0.15) is 11.8 Å². The summed E-state index contributed by atoms with van der Waals surface area (Å²) >= 11 is 3.18. The molecule has 1 aromatic rings. The van der Waals surface area contributed by atoms with E-state index < -0.39 is 0 Å². The first-order chi connectivity index (χ1) is 6.34. The molecular weight excluding hydrogens is 204 g/mol. The molecule has 1 rings (SSSR count). The minimum atomic E-state index is 0.0797. The number of hydrogen-bond acceptors (Lipinski definition) is 4. The van der Waals surface area contributed by atoms with Gasteiger partial charge in [0.2, 0.25) is 0 Å². The molecule has 2 nitrogen and oxygen atoms in total. The fraction of sp³-hybridized carbons (Fsp3) is 0.444. The van der Waals surface area contributed by atoms with Gasteiger partial charge in [0.15, 0.2) is 5.78 Å². The van der Waals surface area contributed by atoms with E-state index in [4.69, 9.17) is 4.74 Å². The largest absolute Gasteiger partial charge is 0.372 e. The van der Waals surface area contributed by atoms with Gasteiger partial charge in [0.25, 0.3) is 0 Å². The number of carbonyl (C=O) groups excluding carboxylic acids is 1. The highest BCUT2D eigenvalue weighted by atomic mass is 32.2. The van der Waals surface area contributed by atoms with Crippen molar-refractivity contribution in [1.82, 2.24) is 0 Å². The molecule has 0 unspecified atom stereocenters. The Labute approximate surface area is 86.3 Å². The molecule has 0 amide bonds. The fourth-order valence-corrected chi connectivity index (χ4v) is 1.75. The summed E-state index contributed by atoms with van der Waals surface area (Å²) in [6.45, 7) is 0.860. The molecule has 0 aromatic carbocycles. The average molecular weight is 216 g/mol. The van der Waals surface area contributed by atoms with Gasteiger partial charge in [0.05, 0.1) is 11.5 Å². The second-order valence-electron chi connectivity index (χ2n) is 2.45. The van der Waals surface area contributed by atoms with E-state index in [1.165, 1.54) is 11.3 Å². The Morgan fingerprint density at radius 1 is 1.69 bits per heavy atom. The van der Waals surface area contributed by atoms with E-state index in [-0.39, 0.29) is 12.4 Å². The second kappa shape index (κ2) is 6.18. The predicted octanol–water partition coefficient (Wildman–Crippen LogP) is 2.31. The molecule has 13 heavy (non-hydrogen) atoms. The molecule has 0 N–H and O–H groups in total. The van der Waals surface area contributed by atoms with Crippen molar-refractivity contribution in [3.63, 3.8) is 0 Å². The standard InChI is InChI=1S/C9H12O2S2/c1-12-6-4-11-7-8(10)9-3-2-5-13-9/h2-3,5H,4,6-7H2,1H3. The third-order valence-electron chi connectivity index (χ3n) is 1.46. The van der Waals surface area contributed by atoms with E-state index in [1.54, 1.807) is 11.8 Å². The maximum absolute atomic E-state index is 11.3. The summed E-state index contributed by atoms with van der Waals surface area (Å²) in [5, 5.41) is 1.90. The van der Waals surface area contributed by atoms with Crippen molar-refractivity contribution in [2.24, 2.45) is 0 Å². The van der Waals surface area contributed by atoms with Gasteiger partial charge < -0.3 is 4.74 Å². The molecule has 72 valence electrons. The number of rotatable bonds is 6. The van der Waals surface area contributed by atoms with Crippen LogP contribution in [0.3, 0.4) is 0 Å². The monoisotopic (exact) mass is 216 g/mol. The molecule has 0 atom stereocenters. The Morgan fingerprint density at radius 2 is 2.54 bits per heavy atom. The van der Waals surface area contributed by atoms with Crippen molar-refractivity contribution in [2.45, 2.75) is 0 Å². The Bertz CT molecular complexity index is 244. The van der Waals surface area contributed by atoms with E-state index >= 15 is 0 Å². The van der Waals surface area contributed by atoms with E-state index in [9.17, 15) is 4.79 Å². The Morgan fingerprint density at radius 3 is 3.15 bits per heavy atom. The first-order valence-electron chi connectivity index (χ1n) is 3.98. The van der Waals surface area contributed by atoms with E-state index in [0.717, 1.165) is 10.6 Å². The molecule has 0 radical (unpaired) electrons. The van der Waals surface area contributed by atoms with Crippen molar-refractivity contribution in [3.05, 3.63) is 22.4 Å². The van der Waals surface area contributed by atoms with Gasteiger partial charge in [-0.05, 0) is 17.7 Å². The number of Topliss-reactive ketones (excluding diaryl/α,β-unsaturated/α-hetero) is 1. The summed E-state index contributed by atoms with van der Waals surface area (Å²) in [5.74, 6) is 1.02. The lowest BCUT2D eigenvalue weighted by Crippen LogP contribution is -2.09. The van der Waals surface area contributed by atoms with Crippen molar-refractivity contribution < 1.29 is 9.53 Å². The maximum atomic E-state index is 11.3. The molecule has 1 aromatic heterocycles. The lowest BCUT2D eigenvalue weighted by molar-refractivity contribution is 0.0792. The van der Waals surface area contributed by atoms with Gasteiger partial charge in [-0.15, -0.1) is 11.3 Å². The average Bonchev–Trinajstić information content (AvgIpc) is 2.65. The van der Waals surface area contributed by atoms with Crippen molar-refractivity contribution in [1.29, 1.82) is 0 Å². The Balaban J connectivity index is 2.19. The van der Waals surface area contributed by atoms with Crippen LogP contribution in [0.4, 0.5) is 0 Å². The highest BCUT2D eigenvalue weighted by Crippen LogP contribution is 2.09. The van der Waals surface area contributed by atoms with Gasteiger partial charge in [-0.3, -0.25) is 4.79 Å². The number of ketones is 1. The molecule has 0 aliphatic rings. The van der Waals surface area contributed by atoms with Gasteiger partial charge in [-0.25, -0.2) is 0 Å². The first kappa shape index (κ1) is 10.8. The van der Waals surface area contributed by atoms with Crippen LogP contribution in [0, 0.1) is 0 Å². The summed E-state index contributed by atoms with van der Waals surface area (Å²) in [6.07, 6.45) is 2.02. The highest BCUT2D eigenvalue weighted by Gasteiger charge is 2.05. The summed E-state index contributed by atoms with van der Waals surface area (Å²) in [7, 11) is 0. The number of thioether (sulfide) groups is 1. The SMILES string of the molecule is CSCCOCC(=O)c1cccs1. The third-order valence-corrected chi connectivity index (χ3v) is 2.95. The number of carbonyl (C=O) groups is 1. The minimum absolute atomic E-state index is 0.0797. The van der Waals surface area contributed by atoms with Gasteiger partial charge >= 0.3 is 0 Å². The van der Waals surface area contributed by atoms with E-state index in [0.29, 0.717) is 6.61 Å². The van der Waals surface area contributed by atoms with Gasteiger partial charge in [-0.1, -0.05) is 6.07 Å². The molecule has 0 fully saturated rings. The molecule has 0 saturated heterocycles. The van der Waals surface area contributed by atoms with Crippen molar-refractivity contribution in [2.75, 3.05) is 25.2 Å². The second-order valence-corrected chi connectivity index (χ2v) is 4.38. The summed E-state index contributed by atoms with van der Waals surface area (Å²) in [5.41, 5.74) is 0. The molecule has 0 saturated carbocycles. The molecular formula is C9H12O2S2. The summed E-state index contributed by atoms with van der Waals surface area (Å²) in [4.78, 5) is 12.1. The normalized spacial score (nSPS) is 10.2. The quantitative estimate of drug-likeness (QED) is 0.539. The van der Waals surface area contributed by atoms with Crippen LogP contribution in [0.2, 0.25) is 0 Å². The topological polar surface area (TPSA) is 26.3 Å². The fourth-order valence-electron chi connectivity index (χ4n) is 0.815. The van der Waals surface area contributed by atoms with Crippen LogP contribution in [-0.2, 0) is 4.74 Å². The zero-order chi connectivity index (χ0) is 9.52. The zero-order valence-corrected chi connectivity index (χ0v) is 9.12. The van der Waals surface area contributed by atoms with Crippen molar-refractivity contribution >= 4 is 28.9 Å². The minimum Gasteiger partial charge on any atom is -0.372 e. The van der Waals surface area contributed by atoms with Crippen LogP contribution in [0.1, 0.15) is 9.67 Å². The molecule has 4 heteroatoms. The smallest absolute Gasteiger partial charge is 0.198 e.